The molecule has 2 N–H and O–H groups in total. The number of ether oxygens (including phenoxy) is 2. The van der Waals surface area contributed by atoms with E-state index in [9.17, 15) is 27.2 Å². The summed E-state index contributed by atoms with van der Waals surface area (Å²) < 4.78 is 65.9. The molecule has 6 nitrogen and oxygen atoms in total. The minimum Gasteiger partial charge on any atom is -0.488 e. The summed E-state index contributed by atoms with van der Waals surface area (Å²) in [5.74, 6) is -6.65. The zero-order chi connectivity index (χ0) is 30.7. The van der Waals surface area contributed by atoms with Crippen molar-refractivity contribution in [1.82, 2.24) is 4.90 Å². The topological polar surface area (TPSA) is 81.9 Å². The summed E-state index contributed by atoms with van der Waals surface area (Å²) in [4.78, 5) is 27.5. The molecule has 0 bridgehead atoms. The van der Waals surface area contributed by atoms with Crippen molar-refractivity contribution in [2.24, 2.45) is 11.7 Å². The largest absolute Gasteiger partial charge is 0.488 e. The molecule has 1 saturated carbocycles. The normalized spacial score (nSPS) is 17.7. The number of hydrogen-bond donors (Lipinski definition) is 1. The van der Waals surface area contributed by atoms with Gasteiger partial charge in [0.15, 0.2) is 17.4 Å². The minimum absolute atomic E-state index is 0.0262. The second kappa shape index (κ2) is 12.8. The van der Waals surface area contributed by atoms with E-state index in [1.807, 2.05) is 35.2 Å². The highest BCUT2D eigenvalue weighted by Crippen LogP contribution is 2.44. The number of nitrogens with two attached hydrogens (primary N) is 1. The molecule has 1 amide bonds. The van der Waals surface area contributed by atoms with Crippen molar-refractivity contribution >= 4 is 29.1 Å². The van der Waals surface area contributed by atoms with Gasteiger partial charge in [-0.2, -0.15) is 4.39 Å². The molecule has 0 spiro atoms. The molecule has 1 fully saturated rings. The molecule has 11 heteroatoms. The van der Waals surface area contributed by atoms with Crippen LogP contribution >= 0.6 is 11.6 Å². The predicted octanol–water partition coefficient (Wildman–Crippen LogP) is 5.98. The molecule has 1 unspecified atom stereocenters. The number of aryl methyl sites for hydroxylation is 1. The Bertz CT molecular complexity index is 1540. The van der Waals surface area contributed by atoms with Crippen LogP contribution in [0.25, 0.3) is 5.57 Å². The summed E-state index contributed by atoms with van der Waals surface area (Å²) >= 11 is 6.10. The lowest BCUT2D eigenvalue weighted by atomic mass is 9.87. The summed E-state index contributed by atoms with van der Waals surface area (Å²) in [5.41, 5.74) is 7.33. The van der Waals surface area contributed by atoms with Gasteiger partial charge < -0.3 is 15.2 Å². The van der Waals surface area contributed by atoms with Crippen LogP contribution in [-0.4, -0.2) is 42.0 Å². The molecule has 3 aromatic rings. The number of hydrogen-bond acceptors (Lipinski definition) is 5. The lowest BCUT2D eigenvalue weighted by Gasteiger charge is -2.36. The Morgan fingerprint density at radius 2 is 1.70 bits per heavy atom. The van der Waals surface area contributed by atoms with E-state index in [1.54, 1.807) is 0 Å². The number of benzene rings is 3. The number of amides is 1. The van der Waals surface area contributed by atoms with Crippen molar-refractivity contribution in [3.8, 4) is 5.75 Å². The molecule has 3 aromatic carbocycles. The van der Waals surface area contributed by atoms with Gasteiger partial charge in [0.2, 0.25) is 11.7 Å². The van der Waals surface area contributed by atoms with Crippen LogP contribution in [0.3, 0.4) is 0 Å². The summed E-state index contributed by atoms with van der Waals surface area (Å²) in [5, 5.41) is 0.145. The van der Waals surface area contributed by atoms with Gasteiger partial charge in [-0.3, -0.25) is 14.5 Å². The number of nitrogens with zero attached hydrogens (tertiary/aromatic N) is 1. The Labute approximate surface area is 251 Å². The maximum Gasteiger partial charge on any atom is 0.315 e. The number of rotatable bonds is 11. The number of carbonyl (C=O) groups is 2. The fraction of sp³-hybridized carbons (Fsp3) is 0.312. The quantitative estimate of drug-likeness (QED) is 0.124. The Hall–Kier alpha value is -3.89. The standard InChI is InChI=1S/C32H29ClF4N2O4/c33-24-4-1-5-25(34)23(24)18-43-30(40)22-17-39(32(13-14-32)31(38)41)15-12-21(22)20-8-6-19(7-9-20)3-2-16-42-29-27(36)11-10-26(35)28(29)37/h1,4-12,22H,2-3,13-18H2,(H2,38,41). The van der Waals surface area contributed by atoms with E-state index in [0.29, 0.717) is 43.9 Å². The van der Waals surface area contributed by atoms with Crippen LogP contribution in [0.4, 0.5) is 17.6 Å². The second-order valence-electron chi connectivity index (χ2n) is 10.6. The molecule has 2 aliphatic rings. The minimum atomic E-state index is -1.36. The van der Waals surface area contributed by atoms with Gasteiger partial charge in [-0.25, -0.2) is 13.2 Å². The van der Waals surface area contributed by atoms with Crippen molar-refractivity contribution in [1.29, 1.82) is 0 Å². The number of esters is 1. The van der Waals surface area contributed by atoms with Gasteiger partial charge in [0.1, 0.15) is 18.0 Å². The first-order valence-electron chi connectivity index (χ1n) is 13.8. The molecule has 43 heavy (non-hydrogen) atoms. The van der Waals surface area contributed by atoms with Gasteiger partial charge in [0.05, 0.1) is 17.5 Å². The van der Waals surface area contributed by atoms with E-state index in [1.165, 1.54) is 18.2 Å². The van der Waals surface area contributed by atoms with Gasteiger partial charge in [-0.15, -0.1) is 0 Å². The fourth-order valence-corrected chi connectivity index (χ4v) is 5.54. The Morgan fingerprint density at radius 1 is 0.977 bits per heavy atom. The molecule has 1 heterocycles. The van der Waals surface area contributed by atoms with Crippen molar-refractivity contribution in [3.63, 3.8) is 0 Å². The third-order valence-electron chi connectivity index (χ3n) is 7.95. The van der Waals surface area contributed by atoms with Crippen LogP contribution in [0, 0.1) is 29.2 Å². The fourth-order valence-electron chi connectivity index (χ4n) is 5.32. The van der Waals surface area contributed by atoms with Crippen LogP contribution in [-0.2, 0) is 27.4 Å². The molecule has 1 aliphatic heterocycles. The third-order valence-corrected chi connectivity index (χ3v) is 8.30. The highest BCUT2D eigenvalue weighted by Gasteiger charge is 2.54. The van der Waals surface area contributed by atoms with Crippen LogP contribution in [0.15, 0.2) is 60.7 Å². The van der Waals surface area contributed by atoms with Gasteiger partial charge in [0.25, 0.3) is 0 Å². The molecular formula is C32H29ClF4N2O4. The molecule has 1 atom stereocenters. The first-order valence-corrected chi connectivity index (χ1v) is 14.2. The lowest BCUT2D eigenvalue weighted by molar-refractivity contribution is -0.149. The molecule has 0 aromatic heterocycles. The van der Waals surface area contributed by atoms with Crippen molar-refractivity contribution in [2.45, 2.75) is 37.8 Å². The molecule has 0 saturated heterocycles. The summed E-state index contributed by atoms with van der Waals surface area (Å²) in [6.45, 7) is 0.236. The number of carbonyl (C=O) groups excluding carboxylic acids is 2. The Kier molecular flexibility index (Phi) is 9.08. The second-order valence-corrected chi connectivity index (χ2v) is 11.0. The van der Waals surface area contributed by atoms with Crippen molar-refractivity contribution < 1.29 is 36.6 Å². The highest BCUT2D eigenvalue weighted by molar-refractivity contribution is 6.31. The average Bonchev–Trinajstić information content (AvgIpc) is 3.81. The smallest absolute Gasteiger partial charge is 0.315 e. The van der Waals surface area contributed by atoms with Gasteiger partial charge >= 0.3 is 5.97 Å². The molecule has 1 aliphatic carbocycles. The highest BCUT2D eigenvalue weighted by atomic mass is 35.5. The van der Waals surface area contributed by atoms with E-state index >= 15 is 0 Å². The van der Waals surface area contributed by atoms with E-state index in [0.717, 1.165) is 17.2 Å². The maximum absolute atomic E-state index is 14.3. The first-order chi connectivity index (χ1) is 20.6. The summed E-state index contributed by atoms with van der Waals surface area (Å²) in [7, 11) is 0. The zero-order valence-electron chi connectivity index (χ0n) is 23.1. The van der Waals surface area contributed by atoms with Gasteiger partial charge in [-0.05, 0) is 66.6 Å². The third kappa shape index (κ3) is 6.55. The first kappa shape index (κ1) is 30.6. The molecule has 226 valence electrons. The van der Waals surface area contributed by atoms with Crippen LogP contribution in [0.2, 0.25) is 5.02 Å². The molecule has 5 rings (SSSR count). The van der Waals surface area contributed by atoms with Crippen molar-refractivity contribution in [2.75, 3.05) is 19.7 Å². The van der Waals surface area contributed by atoms with Crippen LogP contribution in [0.1, 0.15) is 36.0 Å². The summed E-state index contributed by atoms with van der Waals surface area (Å²) in [6.07, 6.45) is 4.01. The average molecular weight is 617 g/mol. The SMILES string of the molecule is NC(=O)C1(N2CC=C(c3ccc(CCCOc4c(F)ccc(F)c4F)cc3)C(C(=O)OCc3c(F)cccc3Cl)C2)CC1. The lowest BCUT2D eigenvalue weighted by Crippen LogP contribution is -2.51. The van der Waals surface area contributed by atoms with E-state index in [2.05, 4.69) is 0 Å². The van der Waals surface area contributed by atoms with Gasteiger partial charge in [-0.1, -0.05) is 48.0 Å². The van der Waals surface area contributed by atoms with Crippen LogP contribution < -0.4 is 10.5 Å². The predicted molar refractivity (Wildman–Crippen MR) is 152 cm³/mol. The van der Waals surface area contributed by atoms with E-state index in [4.69, 9.17) is 26.8 Å². The van der Waals surface area contributed by atoms with Gasteiger partial charge in [0, 0.05) is 18.7 Å². The Balaban J connectivity index is 1.27. The molecular weight excluding hydrogens is 588 g/mol. The monoisotopic (exact) mass is 616 g/mol. The Morgan fingerprint density at radius 3 is 2.37 bits per heavy atom. The van der Waals surface area contributed by atoms with E-state index < -0.39 is 52.4 Å². The van der Waals surface area contributed by atoms with E-state index in [-0.39, 0.29) is 30.3 Å². The van der Waals surface area contributed by atoms with Crippen LogP contribution in [0.5, 0.6) is 5.75 Å². The number of primary amides is 1. The summed E-state index contributed by atoms with van der Waals surface area (Å²) in [6, 6.07) is 13.1. The van der Waals surface area contributed by atoms with Crippen molar-refractivity contribution in [3.05, 3.63) is 106 Å². The maximum atomic E-state index is 14.3. The number of halogens is 5. The zero-order valence-corrected chi connectivity index (χ0v) is 23.8. The molecule has 0 radical (unpaired) electrons.